The fourth-order valence-corrected chi connectivity index (χ4v) is 4.23. The quantitative estimate of drug-likeness (QED) is 0.401. The Morgan fingerprint density at radius 1 is 1.08 bits per heavy atom. The van der Waals surface area contributed by atoms with E-state index in [4.69, 9.17) is 11.5 Å². The summed E-state index contributed by atoms with van der Waals surface area (Å²) in [6, 6.07) is 4.98. The average Bonchev–Trinajstić information content (AvgIpc) is 3.33. The Labute approximate surface area is 202 Å². The van der Waals surface area contributed by atoms with Crippen LogP contribution in [0.3, 0.4) is 0 Å². The number of alkyl halides is 5. The lowest BCUT2D eigenvalue weighted by molar-refractivity contribution is -0.140. The number of pyridine rings is 1. The molecule has 0 aromatic carbocycles. The molecule has 14 heteroatoms. The number of nitrogens with two attached hydrogens (primary N) is 2. The summed E-state index contributed by atoms with van der Waals surface area (Å²) in [6.45, 7) is 3.81. The van der Waals surface area contributed by atoms with Crippen LogP contribution in [-0.4, -0.2) is 65.8 Å². The Bertz CT molecular complexity index is 1380. The molecule has 0 atom stereocenters. The van der Waals surface area contributed by atoms with Crippen LogP contribution in [0.2, 0.25) is 0 Å². The van der Waals surface area contributed by atoms with E-state index in [9.17, 15) is 22.0 Å². The first-order valence-corrected chi connectivity index (χ1v) is 11.3. The van der Waals surface area contributed by atoms with E-state index in [0.717, 1.165) is 17.7 Å². The van der Waals surface area contributed by atoms with Crippen molar-refractivity contribution in [3.05, 3.63) is 30.2 Å². The van der Waals surface area contributed by atoms with Gasteiger partial charge in [-0.3, -0.25) is 4.90 Å². The van der Waals surface area contributed by atoms with Crippen molar-refractivity contribution in [2.75, 3.05) is 31.1 Å². The molecule has 1 aliphatic rings. The number of anilines is 2. The van der Waals surface area contributed by atoms with Gasteiger partial charge >= 0.3 is 6.18 Å². The van der Waals surface area contributed by atoms with Crippen LogP contribution in [0.15, 0.2) is 24.4 Å². The van der Waals surface area contributed by atoms with Crippen molar-refractivity contribution in [2.45, 2.75) is 45.3 Å². The number of hydrogen-bond donors (Lipinski definition) is 2. The van der Waals surface area contributed by atoms with E-state index in [2.05, 4.69) is 20.1 Å². The molecule has 9 nitrogen and oxygen atoms in total. The highest BCUT2D eigenvalue weighted by atomic mass is 19.4. The second kappa shape index (κ2) is 9.48. The highest BCUT2D eigenvalue weighted by Gasteiger charge is 2.34. The Morgan fingerprint density at radius 3 is 2.47 bits per heavy atom. The molecular formula is C22H26F5N9. The molecule has 0 bridgehead atoms. The van der Waals surface area contributed by atoms with Gasteiger partial charge in [0.1, 0.15) is 23.4 Å². The second-order valence-corrected chi connectivity index (χ2v) is 8.61. The smallest absolute Gasteiger partial charge is 0.382 e. The van der Waals surface area contributed by atoms with E-state index in [1.807, 2.05) is 6.92 Å². The number of aromatic nitrogens is 6. The number of hydrogen-bond acceptors (Lipinski definition) is 7. The van der Waals surface area contributed by atoms with Crippen molar-refractivity contribution in [3.8, 4) is 11.3 Å². The number of nitrogen functional groups attached to an aromatic ring is 2. The average molecular weight is 512 g/mol. The number of piperidine rings is 1. The molecule has 5 heterocycles. The molecule has 1 fully saturated rings. The number of likely N-dealkylation sites (tertiary alicyclic amines) is 1. The van der Waals surface area contributed by atoms with Crippen LogP contribution >= 0.6 is 0 Å². The van der Waals surface area contributed by atoms with Gasteiger partial charge in [0.25, 0.3) is 5.92 Å². The molecule has 0 aliphatic carbocycles. The van der Waals surface area contributed by atoms with Gasteiger partial charge in [0.2, 0.25) is 5.95 Å². The number of fused-ring (bicyclic) bond motifs is 2. The normalized spacial score (nSPS) is 16.3. The first-order chi connectivity index (χ1) is 16.9. The predicted octanol–water partition coefficient (Wildman–Crippen LogP) is 3.91. The van der Waals surface area contributed by atoms with Gasteiger partial charge < -0.3 is 16.0 Å². The topological polar surface area (TPSA) is 116 Å². The largest absolute Gasteiger partial charge is 0.406 e. The van der Waals surface area contributed by atoms with Crippen LogP contribution in [0.4, 0.5) is 33.7 Å². The molecule has 1 aliphatic heterocycles. The summed E-state index contributed by atoms with van der Waals surface area (Å²) in [5, 5.41) is 4.02. The molecule has 4 aromatic heterocycles. The monoisotopic (exact) mass is 511 g/mol. The van der Waals surface area contributed by atoms with Crippen molar-refractivity contribution in [1.29, 1.82) is 0 Å². The molecule has 0 saturated carbocycles. The Morgan fingerprint density at radius 2 is 1.83 bits per heavy atom. The van der Waals surface area contributed by atoms with Crippen molar-refractivity contribution in [2.24, 2.45) is 0 Å². The second-order valence-electron chi connectivity index (χ2n) is 8.61. The summed E-state index contributed by atoms with van der Waals surface area (Å²) in [5.74, 6) is -2.02. The lowest BCUT2D eigenvalue weighted by Crippen LogP contribution is -2.42. The van der Waals surface area contributed by atoms with Gasteiger partial charge in [-0.2, -0.15) is 18.2 Å². The SMILES string of the molecule is CCN1CCCC(F)(F)C1.Cc1nc2ccc(-c3ccn4nc(N)nc(N)c34)nc2n1CC(F)(F)F. The maximum absolute atomic E-state index is 12.9. The van der Waals surface area contributed by atoms with Gasteiger partial charge in [-0.05, 0) is 44.6 Å². The van der Waals surface area contributed by atoms with Gasteiger partial charge in [0.05, 0.1) is 12.2 Å². The molecule has 0 radical (unpaired) electrons. The minimum atomic E-state index is -4.38. The van der Waals surface area contributed by atoms with Gasteiger partial charge in [-0.1, -0.05) is 6.92 Å². The number of halogens is 5. The summed E-state index contributed by atoms with van der Waals surface area (Å²) < 4.78 is 66.3. The van der Waals surface area contributed by atoms with E-state index in [1.54, 1.807) is 29.3 Å². The number of rotatable bonds is 3. The van der Waals surface area contributed by atoms with Crippen molar-refractivity contribution < 1.29 is 22.0 Å². The van der Waals surface area contributed by atoms with Crippen molar-refractivity contribution >= 4 is 28.4 Å². The highest BCUT2D eigenvalue weighted by molar-refractivity contribution is 5.88. The van der Waals surface area contributed by atoms with Crippen molar-refractivity contribution in [3.63, 3.8) is 0 Å². The zero-order valence-electron chi connectivity index (χ0n) is 19.7. The summed E-state index contributed by atoms with van der Waals surface area (Å²) in [7, 11) is 0. The lowest BCUT2D eigenvalue weighted by Gasteiger charge is -2.31. The van der Waals surface area contributed by atoms with Crippen LogP contribution in [0, 0.1) is 6.92 Å². The number of nitrogens with zero attached hydrogens (tertiary/aromatic N) is 7. The molecule has 4 aromatic rings. The first-order valence-electron chi connectivity index (χ1n) is 11.3. The zero-order valence-corrected chi connectivity index (χ0v) is 19.7. The van der Waals surface area contributed by atoms with Gasteiger partial charge in [-0.15, -0.1) is 5.10 Å². The maximum atomic E-state index is 12.9. The fraction of sp³-hybridized carbons (Fsp3) is 0.455. The summed E-state index contributed by atoms with van der Waals surface area (Å²) >= 11 is 0. The van der Waals surface area contributed by atoms with Crippen molar-refractivity contribution in [1.82, 2.24) is 34.0 Å². The summed E-state index contributed by atoms with van der Waals surface area (Å²) in [5.41, 5.74) is 13.5. The predicted molar refractivity (Wildman–Crippen MR) is 125 cm³/mol. The molecule has 0 amide bonds. The molecular weight excluding hydrogens is 485 g/mol. The molecule has 4 N–H and O–H groups in total. The van der Waals surface area contributed by atoms with E-state index < -0.39 is 18.6 Å². The minimum absolute atomic E-state index is 0.0134. The van der Waals surface area contributed by atoms with Gasteiger partial charge in [0, 0.05) is 18.2 Å². The van der Waals surface area contributed by atoms with Gasteiger partial charge in [-0.25, -0.2) is 23.3 Å². The van der Waals surface area contributed by atoms with E-state index in [-0.39, 0.29) is 36.2 Å². The van der Waals surface area contributed by atoms with Crippen LogP contribution in [0.5, 0.6) is 0 Å². The molecule has 194 valence electrons. The standard InChI is InChI=1S/C15H13F3N8.C7H13F2N/c1-7-21-10-3-2-9(22-13(10)25(7)6-15(16,17)18)8-4-5-26-11(8)12(19)23-14(20)24-26;1-2-10-5-3-4-7(8,9)6-10/h2-5H,6H2,1H3,(H4,19,20,23,24);2-6H2,1H3. The number of aryl methyl sites for hydroxylation is 1. The molecule has 36 heavy (non-hydrogen) atoms. The third kappa shape index (κ3) is 5.48. The zero-order chi connectivity index (χ0) is 26.3. The molecule has 1 saturated heterocycles. The summed E-state index contributed by atoms with van der Waals surface area (Å²) in [6.07, 6.45) is -2.04. The van der Waals surface area contributed by atoms with Crippen LogP contribution in [0.25, 0.3) is 27.9 Å². The maximum Gasteiger partial charge on any atom is 0.406 e. The Kier molecular flexibility index (Phi) is 6.73. The molecule has 0 unspecified atom stereocenters. The van der Waals surface area contributed by atoms with Crippen LogP contribution < -0.4 is 11.5 Å². The Hall–Kier alpha value is -3.55. The minimum Gasteiger partial charge on any atom is -0.382 e. The molecule has 0 spiro atoms. The van der Waals surface area contributed by atoms with Gasteiger partial charge in [0.15, 0.2) is 11.5 Å². The highest BCUT2D eigenvalue weighted by Crippen LogP contribution is 2.30. The van der Waals surface area contributed by atoms with Crippen LogP contribution in [-0.2, 0) is 6.54 Å². The van der Waals surface area contributed by atoms with E-state index in [1.165, 1.54) is 11.4 Å². The van der Waals surface area contributed by atoms with E-state index in [0.29, 0.717) is 28.7 Å². The third-order valence-corrected chi connectivity index (χ3v) is 5.87. The van der Waals surface area contributed by atoms with Crippen LogP contribution in [0.1, 0.15) is 25.6 Å². The third-order valence-electron chi connectivity index (χ3n) is 5.87. The van der Waals surface area contributed by atoms with E-state index >= 15 is 0 Å². The number of imidazole rings is 1. The first kappa shape index (κ1) is 25.5. The molecule has 5 rings (SSSR count). The Balaban J connectivity index is 0.000000256. The fourth-order valence-electron chi connectivity index (χ4n) is 4.23. The summed E-state index contributed by atoms with van der Waals surface area (Å²) in [4.78, 5) is 14.2. The lowest BCUT2D eigenvalue weighted by atomic mass is 10.1.